The second-order valence-corrected chi connectivity index (χ2v) is 7.78. The molecule has 3 rings (SSSR count). The van der Waals surface area contributed by atoms with Crippen LogP contribution in [-0.2, 0) is 22.4 Å². The number of aryl methyl sites for hydroxylation is 1. The number of carbonyl (C=O) groups excluding carboxylic acids is 1. The molecule has 1 aromatic heterocycles. The molecule has 0 spiro atoms. The third-order valence-electron chi connectivity index (χ3n) is 5.02. The topological polar surface area (TPSA) is 44.1 Å². The van der Waals surface area contributed by atoms with Crippen molar-refractivity contribution < 1.29 is 9.53 Å². The van der Waals surface area contributed by atoms with E-state index in [1.165, 1.54) is 0 Å². The van der Waals surface area contributed by atoms with Crippen molar-refractivity contribution in [1.29, 1.82) is 0 Å². The van der Waals surface area contributed by atoms with E-state index in [1.807, 2.05) is 18.2 Å². The van der Waals surface area contributed by atoms with Gasteiger partial charge < -0.3 is 4.74 Å². The summed E-state index contributed by atoms with van der Waals surface area (Å²) in [6.07, 6.45) is 6.27. The average molecular weight is 413 g/mol. The van der Waals surface area contributed by atoms with Gasteiger partial charge in [0.2, 0.25) is 0 Å². The van der Waals surface area contributed by atoms with Crippen molar-refractivity contribution in [3.8, 4) is 5.69 Å². The molecule has 0 aliphatic carbocycles. The number of halogens is 1. The fourth-order valence-electron chi connectivity index (χ4n) is 3.38. The Morgan fingerprint density at radius 3 is 2.52 bits per heavy atom. The van der Waals surface area contributed by atoms with E-state index in [4.69, 9.17) is 21.3 Å². The standard InChI is InChI=1S/C24H29ClN2O2/c1-3-5-7-23-26-21-14-11-19(25)17-22(21)27(23)20-12-9-18(10-13-20)15-16-29-24(28)8-6-4-2/h9-14,17H,3-8,15-16H2,1-2H3. The van der Waals surface area contributed by atoms with Gasteiger partial charge in [-0.2, -0.15) is 0 Å². The minimum absolute atomic E-state index is 0.106. The lowest BCUT2D eigenvalue weighted by atomic mass is 10.1. The SMILES string of the molecule is CCCCC(=O)OCCc1ccc(-n2c(CCCC)nc3ccc(Cl)cc32)cc1. The van der Waals surface area contributed by atoms with Crippen molar-refractivity contribution in [3.63, 3.8) is 0 Å². The summed E-state index contributed by atoms with van der Waals surface area (Å²) in [5.74, 6) is 0.951. The summed E-state index contributed by atoms with van der Waals surface area (Å²) in [7, 11) is 0. The zero-order valence-electron chi connectivity index (χ0n) is 17.3. The Kier molecular flexibility index (Phi) is 7.70. The lowest BCUT2D eigenvalue weighted by Gasteiger charge is -2.11. The van der Waals surface area contributed by atoms with Gasteiger partial charge in [0.05, 0.1) is 17.6 Å². The lowest BCUT2D eigenvalue weighted by Crippen LogP contribution is -2.07. The fourth-order valence-corrected chi connectivity index (χ4v) is 3.54. The van der Waals surface area contributed by atoms with Gasteiger partial charge in [0.1, 0.15) is 5.82 Å². The molecule has 0 N–H and O–H groups in total. The molecule has 0 aliphatic heterocycles. The van der Waals surface area contributed by atoms with Crippen LogP contribution in [0.2, 0.25) is 5.02 Å². The molecule has 0 unspecified atom stereocenters. The van der Waals surface area contributed by atoms with Gasteiger partial charge in [0.15, 0.2) is 0 Å². The van der Waals surface area contributed by atoms with Crippen LogP contribution < -0.4 is 0 Å². The third-order valence-corrected chi connectivity index (χ3v) is 5.26. The lowest BCUT2D eigenvalue weighted by molar-refractivity contribution is -0.143. The van der Waals surface area contributed by atoms with E-state index in [2.05, 4.69) is 42.7 Å². The van der Waals surface area contributed by atoms with Crippen molar-refractivity contribution in [2.45, 2.75) is 58.8 Å². The number of benzene rings is 2. The van der Waals surface area contributed by atoms with Gasteiger partial charge in [0, 0.05) is 30.0 Å². The summed E-state index contributed by atoms with van der Waals surface area (Å²) >= 11 is 6.25. The first-order chi connectivity index (χ1) is 14.1. The molecule has 2 aromatic carbocycles. The van der Waals surface area contributed by atoms with Crippen molar-refractivity contribution >= 4 is 28.6 Å². The Balaban J connectivity index is 1.76. The van der Waals surface area contributed by atoms with Gasteiger partial charge in [-0.1, -0.05) is 50.4 Å². The minimum atomic E-state index is -0.106. The Hall–Kier alpha value is -2.33. The second kappa shape index (κ2) is 10.4. The predicted molar refractivity (Wildman–Crippen MR) is 119 cm³/mol. The van der Waals surface area contributed by atoms with Gasteiger partial charge in [0.25, 0.3) is 0 Å². The highest BCUT2D eigenvalue weighted by atomic mass is 35.5. The van der Waals surface area contributed by atoms with E-state index in [0.29, 0.717) is 18.1 Å². The molecule has 0 atom stereocenters. The average Bonchev–Trinajstić information content (AvgIpc) is 3.08. The molecule has 5 heteroatoms. The van der Waals surface area contributed by atoms with E-state index in [9.17, 15) is 4.79 Å². The molecular weight excluding hydrogens is 384 g/mol. The van der Waals surface area contributed by atoms with Crippen LogP contribution in [0.1, 0.15) is 57.3 Å². The van der Waals surface area contributed by atoms with Crippen LogP contribution in [0.25, 0.3) is 16.7 Å². The molecule has 0 radical (unpaired) electrons. The maximum Gasteiger partial charge on any atom is 0.305 e. The molecule has 154 valence electrons. The fraction of sp³-hybridized carbons (Fsp3) is 0.417. The summed E-state index contributed by atoms with van der Waals surface area (Å²) in [6, 6.07) is 14.2. The first-order valence-corrected chi connectivity index (χ1v) is 10.9. The van der Waals surface area contributed by atoms with Crippen molar-refractivity contribution in [2.75, 3.05) is 6.61 Å². The Labute approximate surface area is 177 Å². The van der Waals surface area contributed by atoms with Crippen LogP contribution in [0.4, 0.5) is 0 Å². The van der Waals surface area contributed by atoms with Crippen LogP contribution in [0.15, 0.2) is 42.5 Å². The van der Waals surface area contributed by atoms with Crippen molar-refractivity contribution in [3.05, 3.63) is 58.9 Å². The predicted octanol–water partition coefficient (Wildman–Crippen LogP) is 6.30. The van der Waals surface area contributed by atoms with Crippen LogP contribution in [0.5, 0.6) is 0 Å². The quantitative estimate of drug-likeness (QED) is 0.367. The third kappa shape index (κ3) is 5.60. The molecular formula is C24H29ClN2O2. The van der Waals surface area contributed by atoms with E-state index in [0.717, 1.165) is 66.6 Å². The minimum Gasteiger partial charge on any atom is -0.465 e. The molecule has 4 nitrogen and oxygen atoms in total. The van der Waals surface area contributed by atoms with E-state index >= 15 is 0 Å². The number of nitrogens with zero attached hydrogens (tertiary/aromatic N) is 2. The molecule has 0 amide bonds. The van der Waals surface area contributed by atoms with Gasteiger partial charge >= 0.3 is 5.97 Å². The maximum absolute atomic E-state index is 11.6. The normalized spacial score (nSPS) is 11.1. The monoisotopic (exact) mass is 412 g/mol. The zero-order valence-corrected chi connectivity index (χ0v) is 18.0. The number of hydrogen-bond acceptors (Lipinski definition) is 3. The van der Waals surface area contributed by atoms with Crippen molar-refractivity contribution in [1.82, 2.24) is 9.55 Å². The highest BCUT2D eigenvalue weighted by molar-refractivity contribution is 6.31. The van der Waals surface area contributed by atoms with E-state index in [-0.39, 0.29) is 5.97 Å². The molecule has 3 aromatic rings. The highest BCUT2D eigenvalue weighted by Gasteiger charge is 2.13. The Morgan fingerprint density at radius 2 is 1.79 bits per heavy atom. The number of carbonyl (C=O) groups is 1. The second-order valence-electron chi connectivity index (χ2n) is 7.34. The van der Waals surface area contributed by atoms with Crippen molar-refractivity contribution in [2.24, 2.45) is 0 Å². The molecule has 0 saturated carbocycles. The number of hydrogen-bond donors (Lipinski definition) is 0. The summed E-state index contributed by atoms with van der Waals surface area (Å²) in [4.78, 5) is 16.5. The van der Waals surface area contributed by atoms with E-state index < -0.39 is 0 Å². The van der Waals surface area contributed by atoms with Crippen LogP contribution in [-0.4, -0.2) is 22.1 Å². The Bertz CT molecular complexity index is 947. The summed E-state index contributed by atoms with van der Waals surface area (Å²) < 4.78 is 7.52. The number of fused-ring (bicyclic) bond motifs is 1. The highest BCUT2D eigenvalue weighted by Crippen LogP contribution is 2.26. The maximum atomic E-state index is 11.6. The summed E-state index contributed by atoms with van der Waals surface area (Å²) in [6.45, 7) is 4.68. The number of esters is 1. The van der Waals surface area contributed by atoms with Gasteiger partial charge in [-0.3, -0.25) is 9.36 Å². The number of aromatic nitrogens is 2. The van der Waals surface area contributed by atoms with Crippen LogP contribution in [0.3, 0.4) is 0 Å². The number of rotatable bonds is 10. The molecule has 0 saturated heterocycles. The first-order valence-electron chi connectivity index (χ1n) is 10.5. The van der Waals surface area contributed by atoms with Crippen LogP contribution >= 0.6 is 11.6 Å². The Morgan fingerprint density at radius 1 is 1.03 bits per heavy atom. The zero-order chi connectivity index (χ0) is 20.6. The number of ether oxygens (including phenoxy) is 1. The largest absolute Gasteiger partial charge is 0.465 e. The number of unbranched alkanes of at least 4 members (excludes halogenated alkanes) is 2. The first kappa shape index (κ1) is 21.4. The molecule has 0 aliphatic rings. The molecule has 0 bridgehead atoms. The summed E-state index contributed by atoms with van der Waals surface area (Å²) in [5.41, 5.74) is 4.21. The molecule has 0 fully saturated rings. The van der Waals surface area contributed by atoms with Gasteiger partial charge in [-0.25, -0.2) is 4.98 Å². The number of imidazole rings is 1. The van der Waals surface area contributed by atoms with E-state index in [1.54, 1.807) is 0 Å². The molecule has 1 heterocycles. The summed E-state index contributed by atoms with van der Waals surface area (Å²) in [5, 5.41) is 0.710. The smallest absolute Gasteiger partial charge is 0.305 e. The van der Waals surface area contributed by atoms with Crippen LogP contribution in [0, 0.1) is 0 Å². The molecule has 29 heavy (non-hydrogen) atoms. The van der Waals surface area contributed by atoms with Gasteiger partial charge in [-0.15, -0.1) is 0 Å². The van der Waals surface area contributed by atoms with Gasteiger partial charge in [-0.05, 0) is 48.7 Å².